The molecule has 0 fully saturated rings. The first-order valence-corrected chi connectivity index (χ1v) is 39.4. The molecule has 0 aliphatic rings. The molecule has 0 saturated carbocycles. The Morgan fingerprint density at radius 1 is 0.235 bits per heavy atom. The van der Waals surface area contributed by atoms with Crippen LogP contribution in [0.2, 0.25) is 0 Å². The van der Waals surface area contributed by atoms with E-state index in [9.17, 15) is 0 Å². The molecule has 614 valence electrons. The third kappa shape index (κ3) is 20.0. The first-order chi connectivity index (χ1) is 51.2. The number of hydrogen-bond donors (Lipinski definition) is 0. The summed E-state index contributed by atoms with van der Waals surface area (Å²) in [4.78, 5) is 0. The monoisotopic (exact) mass is 1540 g/mol. The Balaban J connectivity index is 0.000000365. The summed E-state index contributed by atoms with van der Waals surface area (Å²) in [7, 11) is 2.15. The maximum absolute atomic E-state index is 2.51. The van der Waals surface area contributed by atoms with Crippen LogP contribution in [-0.4, -0.2) is 22.8 Å². The van der Waals surface area contributed by atoms with Gasteiger partial charge in [0.05, 0.1) is 11.0 Å². The van der Waals surface area contributed by atoms with Gasteiger partial charge in [0.2, 0.25) is 0 Å². The Bertz CT molecular complexity index is 5790. The summed E-state index contributed by atoms with van der Waals surface area (Å²) in [6, 6.07) is 100. The van der Waals surface area contributed by atoms with Crippen LogP contribution in [0.1, 0.15) is 272 Å². The third-order valence-corrected chi connectivity index (χ3v) is 23.4. The quantitative estimate of drug-likeness (QED) is 0.0921. The molecule has 6 unspecified atom stereocenters. The van der Waals surface area contributed by atoms with Crippen molar-refractivity contribution in [2.75, 3.05) is 0 Å². The molecule has 0 bridgehead atoms. The van der Waals surface area contributed by atoms with E-state index in [4.69, 9.17) is 0 Å². The van der Waals surface area contributed by atoms with Crippen LogP contribution in [0, 0.1) is 0 Å². The van der Waals surface area contributed by atoms with Gasteiger partial charge in [-0.3, -0.25) is 0 Å². The van der Waals surface area contributed by atoms with Crippen LogP contribution in [0.25, 0.3) is 115 Å². The highest BCUT2D eigenvalue weighted by Gasteiger charge is 2.19. The van der Waals surface area contributed by atoms with Gasteiger partial charge in [-0.2, -0.15) is 0 Å². The van der Waals surface area contributed by atoms with Crippen molar-refractivity contribution in [3.8, 4) is 5.69 Å². The lowest BCUT2D eigenvalue weighted by molar-refractivity contribution is 0.563. The Morgan fingerprint density at radius 2 is 0.487 bits per heavy atom. The molecule has 5 heterocycles. The van der Waals surface area contributed by atoms with E-state index in [-0.39, 0.29) is 74.3 Å². The second kappa shape index (κ2) is 44.5. The Labute approximate surface area is 698 Å². The highest BCUT2D eigenvalue weighted by molar-refractivity contribution is 6.12. The zero-order valence-electron chi connectivity index (χ0n) is 64.8. The molecule has 0 saturated heterocycles. The van der Waals surface area contributed by atoms with Gasteiger partial charge in [-0.15, -0.1) is 0 Å². The summed E-state index contributed by atoms with van der Waals surface area (Å²) in [6.45, 7) is 31.5. The van der Waals surface area contributed by atoms with Gasteiger partial charge in [0, 0.05) is 130 Å². The molecule has 5 nitrogen and oxygen atoms in total. The van der Waals surface area contributed by atoms with Crippen LogP contribution < -0.4 is 0 Å². The molecular weight excluding hydrogens is 1390 g/mol. The SMILES string of the molecule is C.C.C.C.C.C.C.C.C.C.CCC(C)c1ccc2c(c1)c1ccccc1n2-c1ccccc1.CCC(C)c1ccc2c(c1)c1ccccc1n2C.CCC(C)c1ccc2c(c1)c1ccccc1n2C(C)CC.CCC(C)c1ccc2c(c1)c1ccccc1n2CC.CCC(C)c1ccc2c(c1)c1ccccc1n2Cc1ccccc1. The van der Waals surface area contributed by atoms with E-state index in [0.29, 0.717) is 35.6 Å². The maximum atomic E-state index is 2.51. The number of para-hydroxylation sites is 6. The second-order valence-corrected chi connectivity index (χ2v) is 29.7. The highest BCUT2D eigenvalue weighted by Crippen LogP contribution is 2.40. The van der Waals surface area contributed by atoms with E-state index in [2.05, 4.69) is 393 Å². The number of rotatable bonds is 16. The number of nitrogens with zero attached hydrogens (tertiary/aromatic N) is 5. The molecule has 0 aliphatic heterocycles. The van der Waals surface area contributed by atoms with E-state index in [1.54, 1.807) is 0 Å². The Kier molecular flexibility index (Phi) is 38.2. The van der Waals surface area contributed by atoms with Crippen molar-refractivity contribution < 1.29 is 0 Å². The van der Waals surface area contributed by atoms with Gasteiger partial charge >= 0.3 is 0 Å². The van der Waals surface area contributed by atoms with Crippen LogP contribution in [0.5, 0.6) is 0 Å². The first-order valence-electron chi connectivity index (χ1n) is 39.4. The van der Waals surface area contributed by atoms with Gasteiger partial charge in [0.15, 0.2) is 0 Å². The lowest BCUT2D eigenvalue weighted by atomic mass is 9.97. The zero-order valence-corrected chi connectivity index (χ0v) is 64.8. The number of fused-ring (bicyclic) bond motifs is 15. The van der Waals surface area contributed by atoms with Crippen molar-refractivity contribution in [1.82, 2.24) is 22.8 Å². The van der Waals surface area contributed by atoms with Crippen LogP contribution in [0.15, 0.2) is 273 Å². The summed E-state index contributed by atoms with van der Waals surface area (Å²) < 4.78 is 12.0. The number of hydrogen-bond acceptors (Lipinski definition) is 0. The zero-order chi connectivity index (χ0) is 73.4. The van der Waals surface area contributed by atoms with Gasteiger partial charge in [-0.05, 0) is 218 Å². The molecular formula is C110H149N5. The summed E-state index contributed by atoms with van der Waals surface area (Å²) in [6.07, 6.45) is 7.07. The van der Waals surface area contributed by atoms with Crippen LogP contribution >= 0.6 is 0 Å². The topological polar surface area (TPSA) is 24.6 Å². The van der Waals surface area contributed by atoms with E-state index in [1.165, 1.54) is 180 Å². The van der Waals surface area contributed by atoms with Crippen molar-refractivity contribution in [2.24, 2.45) is 7.05 Å². The molecule has 5 heteroatoms. The van der Waals surface area contributed by atoms with Gasteiger partial charge < -0.3 is 22.8 Å². The molecule has 12 aromatic carbocycles. The van der Waals surface area contributed by atoms with Gasteiger partial charge in [0.25, 0.3) is 0 Å². The molecule has 17 rings (SSSR count). The van der Waals surface area contributed by atoms with Gasteiger partial charge in [0.1, 0.15) is 0 Å². The van der Waals surface area contributed by atoms with Crippen molar-refractivity contribution >= 4 is 109 Å². The third-order valence-electron chi connectivity index (χ3n) is 23.4. The Morgan fingerprint density at radius 3 is 0.896 bits per heavy atom. The van der Waals surface area contributed by atoms with Crippen molar-refractivity contribution in [3.05, 3.63) is 306 Å². The van der Waals surface area contributed by atoms with E-state index < -0.39 is 0 Å². The predicted octanol–water partition coefficient (Wildman–Crippen LogP) is 35.5. The van der Waals surface area contributed by atoms with Gasteiger partial charge in [-0.25, -0.2) is 0 Å². The number of benzene rings is 12. The fourth-order valence-electron chi connectivity index (χ4n) is 15.8. The molecule has 6 atom stereocenters. The molecule has 17 aromatic rings. The maximum Gasteiger partial charge on any atom is 0.0541 e. The summed E-state index contributed by atoms with van der Waals surface area (Å²) in [5.41, 5.74) is 23.1. The molecule has 0 amide bonds. The van der Waals surface area contributed by atoms with Crippen LogP contribution in [0.4, 0.5) is 0 Å². The predicted molar refractivity (Wildman–Crippen MR) is 527 cm³/mol. The largest absolute Gasteiger partial charge is 0.344 e. The molecule has 0 N–H and O–H groups in total. The standard InChI is InChI=1S/C23H23N.C22H21N.C20H25N.C18H21N.C17H19N.10CH4/c1-3-17(2)19-13-14-23-21(15-19)20-11-7-8-12-22(20)24(23)16-18-9-5-4-6-10-18;1-3-16(2)17-13-14-22-20(15-17)19-11-7-8-12-21(19)23(22)18-9-5-4-6-10-18;1-5-14(3)16-11-12-20-18(13-16)17-9-7-8-10-19(17)21(20)15(4)6-2;1-4-13(3)14-10-11-18-16(12-14)15-8-6-7-9-17(15)19(18)5-2;1-4-12(2)13-9-10-17-15(11-13)14-7-5-6-8-16(14)18(17)3;;;;;;;;;;/h4-15,17H,3,16H2,1-2H3;4-16H,3H2,1-2H3;7-15H,5-6H2,1-4H3;6-13H,4-5H2,1-3H3;5-12H,4H2,1-3H3;10*1H4. The average molecular weight is 1540 g/mol. The molecule has 0 aliphatic carbocycles. The van der Waals surface area contributed by atoms with Crippen LogP contribution in [-0.2, 0) is 20.1 Å². The summed E-state index contributed by atoms with van der Waals surface area (Å²) in [5.74, 6) is 3.09. The highest BCUT2D eigenvalue weighted by atomic mass is 15.0. The lowest BCUT2D eigenvalue weighted by Gasteiger charge is -2.15. The van der Waals surface area contributed by atoms with E-state index >= 15 is 0 Å². The van der Waals surface area contributed by atoms with E-state index in [0.717, 1.165) is 19.5 Å². The fraction of sp³-hybridized carbons (Fsp3) is 0.345. The normalized spacial score (nSPS) is 12.2. The van der Waals surface area contributed by atoms with Gasteiger partial charge in [-0.1, -0.05) is 320 Å². The minimum atomic E-state index is 0. The molecule has 5 aromatic heterocycles. The number of aryl methyl sites for hydroxylation is 2. The average Bonchev–Trinajstić information content (AvgIpc) is 1.61. The fourth-order valence-corrected chi connectivity index (χ4v) is 15.8. The molecule has 115 heavy (non-hydrogen) atoms. The lowest BCUT2D eigenvalue weighted by Crippen LogP contribution is -2.03. The smallest absolute Gasteiger partial charge is 0.0541 e. The van der Waals surface area contributed by atoms with Crippen LogP contribution in [0.3, 0.4) is 0 Å². The second-order valence-electron chi connectivity index (χ2n) is 29.7. The van der Waals surface area contributed by atoms with E-state index in [1.807, 2.05) is 0 Å². The minimum Gasteiger partial charge on any atom is -0.344 e. The van der Waals surface area contributed by atoms with Crippen molar-refractivity contribution in [3.63, 3.8) is 0 Å². The number of aromatic nitrogens is 5. The summed E-state index contributed by atoms with van der Waals surface area (Å²) >= 11 is 0. The first kappa shape index (κ1) is 98.8. The summed E-state index contributed by atoms with van der Waals surface area (Å²) in [5, 5.41) is 13.7. The molecule has 0 spiro atoms. The van der Waals surface area contributed by atoms with Crippen molar-refractivity contribution in [1.29, 1.82) is 0 Å². The Hall–Kier alpha value is -10.4. The molecule has 0 radical (unpaired) electrons. The van der Waals surface area contributed by atoms with Crippen molar-refractivity contribution in [2.45, 2.75) is 252 Å². The minimum absolute atomic E-state index is 0.